The summed E-state index contributed by atoms with van der Waals surface area (Å²) in [6.45, 7) is 6.68. The van der Waals surface area contributed by atoms with Crippen LogP contribution in [0.4, 0.5) is 0 Å². The summed E-state index contributed by atoms with van der Waals surface area (Å²) in [6, 6.07) is 0. The summed E-state index contributed by atoms with van der Waals surface area (Å²) in [4.78, 5) is 38.2. The number of hydrogen-bond donors (Lipinski definition) is 0. The second-order valence-corrected chi connectivity index (χ2v) is 21.0. The molecule has 68 heavy (non-hydrogen) atoms. The number of carbonyl (C=O) groups excluding carboxylic acids is 3. The Hall–Kier alpha value is -1.85. The lowest BCUT2D eigenvalue weighted by atomic mass is 10.0. The summed E-state index contributed by atoms with van der Waals surface area (Å²) in [6.07, 6.45) is 66.4. The second kappa shape index (κ2) is 57.7. The number of allylic oxidation sites excluding steroid dienone is 2. The van der Waals surface area contributed by atoms with E-state index in [2.05, 4.69) is 32.9 Å². The molecule has 0 aliphatic rings. The van der Waals surface area contributed by atoms with Crippen molar-refractivity contribution >= 4 is 17.9 Å². The predicted molar refractivity (Wildman–Crippen MR) is 293 cm³/mol. The second-order valence-electron chi connectivity index (χ2n) is 21.0. The highest BCUT2D eigenvalue weighted by molar-refractivity contribution is 5.71. The molecule has 6 heteroatoms. The van der Waals surface area contributed by atoms with Crippen molar-refractivity contribution in [2.24, 2.45) is 0 Å². The lowest BCUT2D eigenvalue weighted by Crippen LogP contribution is -2.30. The lowest BCUT2D eigenvalue weighted by Gasteiger charge is -2.18. The van der Waals surface area contributed by atoms with Gasteiger partial charge in [0.25, 0.3) is 0 Å². The minimum Gasteiger partial charge on any atom is -0.462 e. The van der Waals surface area contributed by atoms with Crippen LogP contribution in [-0.2, 0) is 28.6 Å². The Morgan fingerprint density at radius 1 is 0.279 bits per heavy atom. The molecule has 0 saturated heterocycles. The van der Waals surface area contributed by atoms with E-state index < -0.39 is 6.10 Å². The Bertz CT molecular complexity index is 1060. The van der Waals surface area contributed by atoms with Crippen LogP contribution in [0.1, 0.15) is 348 Å². The van der Waals surface area contributed by atoms with E-state index in [9.17, 15) is 14.4 Å². The molecule has 402 valence electrons. The van der Waals surface area contributed by atoms with Gasteiger partial charge in [-0.3, -0.25) is 14.4 Å². The zero-order chi connectivity index (χ0) is 49.3. The van der Waals surface area contributed by atoms with Crippen LogP contribution >= 0.6 is 0 Å². The van der Waals surface area contributed by atoms with Crippen molar-refractivity contribution in [3.05, 3.63) is 12.2 Å². The van der Waals surface area contributed by atoms with Crippen molar-refractivity contribution in [2.45, 2.75) is 354 Å². The Balaban J connectivity index is 4.24. The molecule has 0 bridgehead atoms. The summed E-state index contributed by atoms with van der Waals surface area (Å²) in [5, 5.41) is 0. The van der Waals surface area contributed by atoms with Crippen molar-refractivity contribution < 1.29 is 28.6 Å². The SMILES string of the molecule is CCCCC/C=C\CCCCCCCC(=O)OCC(COC(=O)CCCCCCCCCCCCCCCCCCCCCCC)OC(=O)CCCCCCCCCCCCCCCCCCC. The predicted octanol–water partition coefficient (Wildman–Crippen LogP) is 20.5. The molecular weight excluding hydrogens is 841 g/mol. The molecule has 1 unspecified atom stereocenters. The summed E-state index contributed by atoms with van der Waals surface area (Å²) < 4.78 is 16.9. The maximum absolute atomic E-state index is 12.9. The van der Waals surface area contributed by atoms with Crippen molar-refractivity contribution in [1.82, 2.24) is 0 Å². The molecule has 0 radical (unpaired) electrons. The normalized spacial score (nSPS) is 12.0. The molecule has 0 amide bonds. The molecule has 0 aliphatic carbocycles. The van der Waals surface area contributed by atoms with Gasteiger partial charge >= 0.3 is 17.9 Å². The van der Waals surface area contributed by atoms with Gasteiger partial charge in [-0.25, -0.2) is 0 Å². The molecule has 0 rings (SSSR count). The fourth-order valence-corrected chi connectivity index (χ4v) is 9.38. The number of hydrogen-bond acceptors (Lipinski definition) is 6. The van der Waals surface area contributed by atoms with Crippen LogP contribution in [0, 0.1) is 0 Å². The molecule has 0 N–H and O–H groups in total. The van der Waals surface area contributed by atoms with E-state index in [1.54, 1.807) is 0 Å². The van der Waals surface area contributed by atoms with Gasteiger partial charge < -0.3 is 14.2 Å². The Morgan fingerprint density at radius 2 is 0.485 bits per heavy atom. The zero-order valence-electron chi connectivity index (χ0n) is 46.2. The molecule has 0 aromatic heterocycles. The van der Waals surface area contributed by atoms with E-state index in [0.29, 0.717) is 19.3 Å². The van der Waals surface area contributed by atoms with E-state index in [-0.39, 0.29) is 31.1 Å². The third-order valence-corrected chi connectivity index (χ3v) is 14.0. The van der Waals surface area contributed by atoms with Crippen LogP contribution in [0.15, 0.2) is 12.2 Å². The number of ether oxygens (including phenoxy) is 3. The van der Waals surface area contributed by atoms with E-state index in [4.69, 9.17) is 14.2 Å². The number of carbonyl (C=O) groups is 3. The lowest BCUT2D eigenvalue weighted by molar-refractivity contribution is -0.167. The minimum absolute atomic E-state index is 0.0663. The fraction of sp³-hybridized carbons (Fsp3) is 0.919. The Morgan fingerprint density at radius 3 is 0.765 bits per heavy atom. The first-order valence-electron chi connectivity index (χ1n) is 30.7. The quantitative estimate of drug-likeness (QED) is 0.0262. The van der Waals surface area contributed by atoms with Crippen LogP contribution in [0.3, 0.4) is 0 Å². The highest BCUT2D eigenvalue weighted by Gasteiger charge is 2.19. The van der Waals surface area contributed by atoms with Gasteiger partial charge in [-0.2, -0.15) is 0 Å². The van der Waals surface area contributed by atoms with Gasteiger partial charge in [-0.15, -0.1) is 0 Å². The first-order valence-corrected chi connectivity index (χ1v) is 30.7. The van der Waals surface area contributed by atoms with Crippen LogP contribution in [0.25, 0.3) is 0 Å². The summed E-state index contributed by atoms with van der Waals surface area (Å²) >= 11 is 0. The van der Waals surface area contributed by atoms with Crippen molar-refractivity contribution in [1.29, 1.82) is 0 Å². The number of rotatable bonds is 57. The van der Waals surface area contributed by atoms with Gasteiger partial charge in [0.05, 0.1) is 0 Å². The average Bonchev–Trinajstić information content (AvgIpc) is 3.34. The van der Waals surface area contributed by atoms with Crippen LogP contribution in [0.2, 0.25) is 0 Å². The molecule has 0 spiro atoms. The number of esters is 3. The Labute approximate surface area is 424 Å². The molecule has 0 heterocycles. The molecule has 6 nitrogen and oxygen atoms in total. The van der Waals surface area contributed by atoms with Gasteiger partial charge in [-0.05, 0) is 44.9 Å². The smallest absolute Gasteiger partial charge is 0.306 e. The number of unbranched alkanes of at least 4 members (excludes halogenated alkanes) is 44. The minimum atomic E-state index is -0.768. The van der Waals surface area contributed by atoms with Crippen molar-refractivity contribution in [3.8, 4) is 0 Å². The van der Waals surface area contributed by atoms with E-state index in [1.807, 2.05) is 0 Å². The molecule has 0 aromatic rings. The summed E-state index contributed by atoms with van der Waals surface area (Å²) in [7, 11) is 0. The zero-order valence-corrected chi connectivity index (χ0v) is 46.2. The third kappa shape index (κ3) is 55.1. The van der Waals surface area contributed by atoms with E-state index in [0.717, 1.165) is 64.2 Å². The molecule has 0 saturated carbocycles. The van der Waals surface area contributed by atoms with Gasteiger partial charge in [-0.1, -0.05) is 296 Å². The van der Waals surface area contributed by atoms with E-state index >= 15 is 0 Å². The van der Waals surface area contributed by atoms with Gasteiger partial charge in [0.1, 0.15) is 13.2 Å². The van der Waals surface area contributed by atoms with Gasteiger partial charge in [0.15, 0.2) is 6.10 Å². The third-order valence-electron chi connectivity index (χ3n) is 14.0. The van der Waals surface area contributed by atoms with Crippen LogP contribution < -0.4 is 0 Å². The Kier molecular flexibility index (Phi) is 56.2. The largest absolute Gasteiger partial charge is 0.462 e. The standard InChI is InChI=1S/C62H118O6/c1-4-7-10-13-16-19-22-25-27-29-30-31-32-34-35-37-40-43-46-49-52-55-61(64)67-58-59(57-66-60(63)54-51-48-45-42-39-24-21-18-15-12-9-6-3)68-62(65)56-53-50-47-44-41-38-36-33-28-26-23-20-17-14-11-8-5-2/h18,21,59H,4-17,19-20,22-58H2,1-3H3/b21-18-. The maximum Gasteiger partial charge on any atom is 0.306 e. The monoisotopic (exact) mass is 959 g/mol. The van der Waals surface area contributed by atoms with E-state index in [1.165, 1.54) is 244 Å². The molecule has 1 atom stereocenters. The average molecular weight is 960 g/mol. The highest BCUT2D eigenvalue weighted by Crippen LogP contribution is 2.18. The summed E-state index contributed by atoms with van der Waals surface area (Å²) in [5.41, 5.74) is 0. The molecule has 0 aromatic carbocycles. The van der Waals surface area contributed by atoms with Crippen molar-refractivity contribution in [3.63, 3.8) is 0 Å². The van der Waals surface area contributed by atoms with Crippen LogP contribution in [0.5, 0.6) is 0 Å². The topological polar surface area (TPSA) is 78.9 Å². The molecule has 0 aliphatic heterocycles. The molecular formula is C62H118O6. The first kappa shape index (κ1) is 66.2. The van der Waals surface area contributed by atoms with Crippen molar-refractivity contribution in [2.75, 3.05) is 13.2 Å². The maximum atomic E-state index is 12.9. The van der Waals surface area contributed by atoms with Gasteiger partial charge in [0, 0.05) is 19.3 Å². The fourth-order valence-electron chi connectivity index (χ4n) is 9.38. The molecule has 0 fully saturated rings. The summed E-state index contributed by atoms with van der Waals surface area (Å²) in [5.74, 6) is -0.848. The van der Waals surface area contributed by atoms with Crippen LogP contribution in [-0.4, -0.2) is 37.2 Å². The highest BCUT2D eigenvalue weighted by atomic mass is 16.6. The first-order chi connectivity index (χ1) is 33.5. The van der Waals surface area contributed by atoms with Gasteiger partial charge in [0.2, 0.25) is 0 Å².